The van der Waals surface area contributed by atoms with Crippen molar-refractivity contribution in [2.24, 2.45) is 0 Å². The number of aromatic hydroxyl groups is 1. The molecule has 1 aliphatic heterocycles. The van der Waals surface area contributed by atoms with Crippen LogP contribution in [-0.2, 0) is 4.79 Å². The Hall–Kier alpha value is -3.41. The van der Waals surface area contributed by atoms with Gasteiger partial charge in [0.25, 0.3) is 5.56 Å². The van der Waals surface area contributed by atoms with Crippen molar-refractivity contribution < 1.29 is 9.90 Å². The summed E-state index contributed by atoms with van der Waals surface area (Å²) < 4.78 is 0. The van der Waals surface area contributed by atoms with Gasteiger partial charge in [-0.15, -0.1) is 0 Å². The minimum atomic E-state index is -0.398. The first-order valence-electron chi connectivity index (χ1n) is 7.90. The van der Waals surface area contributed by atoms with Gasteiger partial charge in [0.1, 0.15) is 17.4 Å². The average molecular weight is 333 g/mol. The van der Waals surface area contributed by atoms with E-state index >= 15 is 0 Å². The molecule has 6 nitrogen and oxygen atoms in total. The van der Waals surface area contributed by atoms with Crippen LogP contribution in [0.2, 0.25) is 0 Å². The van der Waals surface area contributed by atoms with Crippen LogP contribution in [0.5, 0.6) is 5.75 Å². The summed E-state index contributed by atoms with van der Waals surface area (Å²) >= 11 is 0. The Morgan fingerprint density at radius 2 is 1.72 bits per heavy atom. The van der Waals surface area contributed by atoms with Crippen molar-refractivity contribution in [1.29, 1.82) is 0 Å². The maximum atomic E-state index is 12.7. The lowest BCUT2D eigenvalue weighted by Crippen LogP contribution is -2.31. The van der Waals surface area contributed by atoms with Crippen LogP contribution in [0.15, 0.2) is 59.4 Å². The lowest BCUT2D eigenvalue weighted by Gasteiger charge is -2.24. The predicted molar refractivity (Wildman–Crippen MR) is 93.5 cm³/mol. The molecule has 25 heavy (non-hydrogen) atoms. The Kier molecular flexibility index (Phi) is 3.57. The van der Waals surface area contributed by atoms with Crippen molar-refractivity contribution >= 4 is 11.7 Å². The molecule has 3 aromatic rings. The van der Waals surface area contributed by atoms with E-state index in [1.54, 1.807) is 24.3 Å². The zero-order valence-corrected chi connectivity index (χ0v) is 13.2. The molecule has 1 aliphatic rings. The van der Waals surface area contributed by atoms with Crippen molar-refractivity contribution in [3.05, 3.63) is 76.1 Å². The van der Waals surface area contributed by atoms with Gasteiger partial charge in [-0.2, -0.15) is 0 Å². The molecular formula is C19H15N3O3. The van der Waals surface area contributed by atoms with Crippen LogP contribution in [0.3, 0.4) is 0 Å². The first-order chi connectivity index (χ1) is 12.1. The van der Waals surface area contributed by atoms with Crippen LogP contribution < -0.4 is 10.9 Å². The van der Waals surface area contributed by atoms with E-state index in [-0.39, 0.29) is 29.5 Å². The number of nitrogens with one attached hydrogen (secondary N) is 2. The number of rotatable bonds is 2. The summed E-state index contributed by atoms with van der Waals surface area (Å²) in [6.45, 7) is 0. The standard InChI is InChI=1S/C19H15N3O3/c23-13-8-6-11(7-9-13)14-10-15(24)20-18-16(14)19(25)22-17(21-18)12-4-2-1-3-5-12/h1-9,14,23H,10H2,(H2,20,21,22,24,25)/t14-/m0/s1. The first-order valence-corrected chi connectivity index (χ1v) is 7.90. The maximum absolute atomic E-state index is 12.7. The number of H-pyrrole nitrogens is 1. The number of hydrogen-bond acceptors (Lipinski definition) is 4. The van der Waals surface area contributed by atoms with Gasteiger partial charge in [0.15, 0.2) is 0 Å². The molecule has 1 atom stereocenters. The highest BCUT2D eigenvalue weighted by Crippen LogP contribution is 2.34. The fourth-order valence-electron chi connectivity index (χ4n) is 3.10. The van der Waals surface area contributed by atoms with Gasteiger partial charge < -0.3 is 15.4 Å². The van der Waals surface area contributed by atoms with Gasteiger partial charge in [0, 0.05) is 17.9 Å². The topological polar surface area (TPSA) is 95.1 Å². The van der Waals surface area contributed by atoms with Gasteiger partial charge in [-0.25, -0.2) is 4.98 Å². The second-order valence-corrected chi connectivity index (χ2v) is 5.94. The largest absolute Gasteiger partial charge is 0.508 e. The number of amides is 1. The minimum absolute atomic E-state index is 0.135. The quantitative estimate of drug-likeness (QED) is 0.672. The molecule has 0 aliphatic carbocycles. The zero-order chi connectivity index (χ0) is 17.4. The lowest BCUT2D eigenvalue weighted by atomic mass is 9.87. The number of aromatic nitrogens is 2. The van der Waals surface area contributed by atoms with Gasteiger partial charge >= 0.3 is 0 Å². The molecular weight excluding hydrogens is 318 g/mol. The third-order valence-electron chi connectivity index (χ3n) is 4.29. The van der Waals surface area contributed by atoms with Gasteiger partial charge in [-0.3, -0.25) is 9.59 Å². The normalized spacial score (nSPS) is 16.2. The summed E-state index contributed by atoms with van der Waals surface area (Å²) in [7, 11) is 0. The summed E-state index contributed by atoms with van der Waals surface area (Å²) in [4.78, 5) is 32.1. The number of benzene rings is 2. The highest BCUT2D eigenvalue weighted by atomic mass is 16.3. The number of anilines is 1. The van der Waals surface area contributed by atoms with E-state index in [1.165, 1.54) is 0 Å². The predicted octanol–water partition coefficient (Wildman–Crippen LogP) is 2.62. The van der Waals surface area contributed by atoms with Crippen LogP contribution in [0, 0.1) is 0 Å². The van der Waals surface area contributed by atoms with Gasteiger partial charge in [0.05, 0.1) is 5.56 Å². The number of carbonyl (C=O) groups is 1. The van der Waals surface area contributed by atoms with E-state index < -0.39 is 5.92 Å². The van der Waals surface area contributed by atoms with Crippen LogP contribution in [0.25, 0.3) is 11.4 Å². The minimum Gasteiger partial charge on any atom is -0.508 e. The highest BCUT2D eigenvalue weighted by Gasteiger charge is 2.30. The Labute approximate surface area is 143 Å². The number of aromatic amines is 1. The van der Waals surface area contributed by atoms with Crippen LogP contribution in [0.1, 0.15) is 23.5 Å². The summed E-state index contributed by atoms with van der Waals surface area (Å²) in [5.41, 5.74) is 1.71. The molecule has 0 unspecified atom stereocenters. The Morgan fingerprint density at radius 3 is 2.44 bits per heavy atom. The molecule has 0 radical (unpaired) electrons. The number of nitrogens with zero attached hydrogens (tertiary/aromatic N) is 1. The Bertz CT molecular complexity index is 995. The van der Waals surface area contributed by atoms with Crippen molar-refractivity contribution in [3.8, 4) is 17.1 Å². The van der Waals surface area contributed by atoms with Gasteiger partial charge in [-0.05, 0) is 17.7 Å². The fourth-order valence-corrected chi connectivity index (χ4v) is 3.10. The molecule has 124 valence electrons. The average Bonchev–Trinajstić information content (AvgIpc) is 2.62. The molecule has 0 bridgehead atoms. The maximum Gasteiger partial charge on any atom is 0.257 e. The third kappa shape index (κ3) is 2.78. The monoisotopic (exact) mass is 333 g/mol. The SMILES string of the molecule is O=C1C[C@@H](c2ccc(O)cc2)c2c(nc(-c3ccccc3)[nH]c2=O)N1. The zero-order valence-electron chi connectivity index (χ0n) is 13.2. The van der Waals surface area contributed by atoms with E-state index in [1.807, 2.05) is 30.3 Å². The molecule has 1 amide bonds. The molecule has 0 saturated carbocycles. The molecule has 1 aromatic heterocycles. The van der Waals surface area contributed by atoms with Crippen molar-refractivity contribution in [3.63, 3.8) is 0 Å². The molecule has 4 rings (SSSR count). The molecule has 2 heterocycles. The van der Waals surface area contributed by atoms with Crippen LogP contribution in [-0.4, -0.2) is 21.0 Å². The molecule has 0 fully saturated rings. The first kappa shape index (κ1) is 15.1. The third-order valence-corrected chi connectivity index (χ3v) is 4.29. The highest BCUT2D eigenvalue weighted by molar-refractivity contribution is 5.94. The van der Waals surface area contributed by atoms with Crippen molar-refractivity contribution in [1.82, 2.24) is 9.97 Å². The van der Waals surface area contributed by atoms with Crippen LogP contribution >= 0.6 is 0 Å². The summed E-state index contributed by atoms with van der Waals surface area (Å²) in [6.07, 6.45) is 0.160. The van der Waals surface area contributed by atoms with Crippen molar-refractivity contribution in [2.75, 3.05) is 5.32 Å². The van der Waals surface area contributed by atoms with Crippen LogP contribution in [0.4, 0.5) is 5.82 Å². The number of fused-ring (bicyclic) bond motifs is 1. The second kappa shape index (κ2) is 5.90. The number of carbonyl (C=O) groups excluding carboxylic acids is 1. The molecule has 6 heteroatoms. The summed E-state index contributed by atoms with van der Waals surface area (Å²) in [5, 5.41) is 12.2. The van der Waals surface area contributed by atoms with Gasteiger partial charge in [0.2, 0.25) is 5.91 Å². The second-order valence-electron chi connectivity index (χ2n) is 5.94. The van der Waals surface area contributed by atoms with E-state index in [4.69, 9.17) is 0 Å². The van der Waals surface area contributed by atoms with Gasteiger partial charge in [-0.1, -0.05) is 42.5 Å². The molecule has 2 aromatic carbocycles. The van der Waals surface area contributed by atoms with E-state index in [2.05, 4.69) is 15.3 Å². The summed E-state index contributed by atoms with van der Waals surface area (Å²) in [6, 6.07) is 15.8. The Morgan fingerprint density at radius 1 is 1.00 bits per heavy atom. The van der Waals surface area contributed by atoms with Crippen molar-refractivity contribution in [2.45, 2.75) is 12.3 Å². The smallest absolute Gasteiger partial charge is 0.257 e. The lowest BCUT2D eigenvalue weighted by molar-refractivity contribution is -0.116. The molecule has 0 saturated heterocycles. The fraction of sp³-hybridized carbons (Fsp3) is 0.105. The number of hydrogen-bond donors (Lipinski definition) is 3. The number of phenolic OH excluding ortho intramolecular Hbond substituents is 1. The summed E-state index contributed by atoms with van der Waals surface area (Å²) in [5.74, 6) is 0.247. The Balaban J connectivity index is 1.85. The molecule has 0 spiro atoms. The number of phenols is 1. The molecule has 3 N–H and O–H groups in total. The van der Waals surface area contributed by atoms with E-state index in [0.717, 1.165) is 11.1 Å². The van der Waals surface area contributed by atoms with E-state index in [9.17, 15) is 14.7 Å². The van der Waals surface area contributed by atoms with E-state index in [0.29, 0.717) is 11.4 Å².